The normalized spacial score (nSPS) is 10.5. The summed E-state index contributed by atoms with van der Waals surface area (Å²) >= 11 is 0. The highest BCUT2D eigenvalue weighted by molar-refractivity contribution is 6.04. The number of likely N-dealkylation sites (N-methyl/N-ethyl adjacent to an activating group) is 1. The summed E-state index contributed by atoms with van der Waals surface area (Å²) in [6, 6.07) is 22.3. The van der Waals surface area contributed by atoms with E-state index in [1.807, 2.05) is 60.5 Å². The van der Waals surface area contributed by atoms with E-state index in [1.54, 1.807) is 38.5 Å². The Morgan fingerprint density at radius 1 is 0.848 bits per heavy atom. The van der Waals surface area contributed by atoms with Crippen molar-refractivity contribution in [1.82, 2.24) is 10.2 Å². The first kappa shape index (κ1) is 23.8. The lowest BCUT2D eigenvalue weighted by molar-refractivity contribution is -0.117. The van der Waals surface area contributed by atoms with Crippen molar-refractivity contribution in [3.8, 4) is 11.5 Å². The highest BCUT2D eigenvalue weighted by atomic mass is 16.5. The van der Waals surface area contributed by atoms with E-state index >= 15 is 0 Å². The van der Waals surface area contributed by atoms with Gasteiger partial charge in [-0.1, -0.05) is 48.5 Å². The number of para-hydroxylation sites is 1. The second kappa shape index (κ2) is 11.7. The van der Waals surface area contributed by atoms with Gasteiger partial charge in [0.25, 0.3) is 5.91 Å². The number of carbonyl (C=O) groups excluding carboxylic acids is 2. The zero-order valence-corrected chi connectivity index (χ0v) is 19.1. The molecule has 0 aliphatic heterocycles. The van der Waals surface area contributed by atoms with E-state index in [-0.39, 0.29) is 18.4 Å². The highest BCUT2D eigenvalue weighted by Gasteiger charge is 2.15. The van der Waals surface area contributed by atoms with E-state index in [0.29, 0.717) is 35.8 Å². The Labute approximate surface area is 194 Å². The first-order chi connectivity index (χ1) is 16.0. The molecule has 0 saturated carbocycles. The number of hydrogen-bond acceptors (Lipinski definition) is 5. The van der Waals surface area contributed by atoms with Crippen LogP contribution in [-0.2, 0) is 17.9 Å². The van der Waals surface area contributed by atoms with Gasteiger partial charge in [-0.05, 0) is 42.4 Å². The SMILES string of the molecule is COc1ccc(CN(C)CC(=O)Nc2ccccc2C(=O)NCc2ccccc2)cc1OC. The Kier molecular flexibility index (Phi) is 8.43. The lowest BCUT2D eigenvalue weighted by atomic mass is 10.1. The summed E-state index contributed by atoms with van der Waals surface area (Å²) < 4.78 is 10.6. The van der Waals surface area contributed by atoms with Crippen molar-refractivity contribution < 1.29 is 19.1 Å². The fraction of sp³-hybridized carbons (Fsp3) is 0.231. The van der Waals surface area contributed by atoms with E-state index in [1.165, 1.54) is 0 Å². The van der Waals surface area contributed by atoms with Gasteiger partial charge in [0.05, 0.1) is 32.0 Å². The lowest BCUT2D eigenvalue weighted by Gasteiger charge is -2.18. The van der Waals surface area contributed by atoms with Gasteiger partial charge in [-0.2, -0.15) is 0 Å². The van der Waals surface area contributed by atoms with Crippen molar-refractivity contribution in [2.24, 2.45) is 0 Å². The monoisotopic (exact) mass is 447 g/mol. The summed E-state index contributed by atoms with van der Waals surface area (Å²) in [5.74, 6) is 0.849. The van der Waals surface area contributed by atoms with Crippen molar-refractivity contribution in [2.75, 3.05) is 33.1 Å². The predicted molar refractivity (Wildman–Crippen MR) is 129 cm³/mol. The molecule has 172 valence electrons. The maximum absolute atomic E-state index is 12.7. The molecule has 7 heteroatoms. The Morgan fingerprint density at radius 2 is 1.55 bits per heavy atom. The van der Waals surface area contributed by atoms with Crippen molar-refractivity contribution in [3.63, 3.8) is 0 Å². The fourth-order valence-corrected chi connectivity index (χ4v) is 3.44. The van der Waals surface area contributed by atoms with Gasteiger partial charge in [-0.3, -0.25) is 14.5 Å². The molecule has 0 bridgehead atoms. The molecule has 3 rings (SSSR count). The average molecular weight is 448 g/mol. The molecule has 0 heterocycles. The van der Waals surface area contributed by atoms with Crippen LogP contribution in [-0.4, -0.2) is 44.5 Å². The first-order valence-electron chi connectivity index (χ1n) is 10.6. The summed E-state index contributed by atoms with van der Waals surface area (Å²) in [5, 5.41) is 5.76. The number of amides is 2. The minimum Gasteiger partial charge on any atom is -0.493 e. The van der Waals surface area contributed by atoms with Crippen LogP contribution in [0.1, 0.15) is 21.5 Å². The Morgan fingerprint density at radius 3 is 2.27 bits per heavy atom. The van der Waals surface area contributed by atoms with Crippen LogP contribution in [0.25, 0.3) is 0 Å². The van der Waals surface area contributed by atoms with Crippen molar-refractivity contribution in [1.29, 1.82) is 0 Å². The van der Waals surface area contributed by atoms with Crippen LogP contribution >= 0.6 is 0 Å². The van der Waals surface area contributed by atoms with Gasteiger partial charge in [0, 0.05) is 13.1 Å². The van der Waals surface area contributed by atoms with Gasteiger partial charge in [0.1, 0.15) is 0 Å². The molecule has 2 N–H and O–H groups in total. The van der Waals surface area contributed by atoms with Crippen LogP contribution in [0.5, 0.6) is 11.5 Å². The number of benzene rings is 3. The molecule has 2 amide bonds. The van der Waals surface area contributed by atoms with Gasteiger partial charge in [0.2, 0.25) is 5.91 Å². The summed E-state index contributed by atoms with van der Waals surface area (Å²) in [6.45, 7) is 1.12. The topological polar surface area (TPSA) is 79.9 Å². The number of nitrogens with one attached hydrogen (secondary N) is 2. The van der Waals surface area contributed by atoms with E-state index in [9.17, 15) is 9.59 Å². The number of methoxy groups -OCH3 is 2. The van der Waals surface area contributed by atoms with E-state index < -0.39 is 0 Å². The fourth-order valence-electron chi connectivity index (χ4n) is 3.44. The molecule has 0 saturated heterocycles. The van der Waals surface area contributed by atoms with Crippen LogP contribution in [0.15, 0.2) is 72.8 Å². The lowest BCUT2D eigenvalue weighted by Crippen LogP contribution is -2.31. The third-order valence-corrected chi connectivity index (χ3v) is 5.06. The van der Waals surface area contributed by atoms with Gasteiger partial charge < -0.3 is 20.1 Å². The molecule has 0 aliphatic rings. The van der Waals surface area contributed by atoms with Gasteiger partial charge >= 0.3 is 0 Å². The molecule has 0 unspecified atom stereocenters. The third kappa shape index (κ3) is 6.82. The van der Waals surface area contributed by atoms with Crippen LogP contribution < -0.4 is 20.1 Å². The van der Waals surface area contributed by atoms with Crippen LogP contribution in [0.3, 0.4) is 0 Å². The largest absolute Gasteiger partial charge is 0.493 e. The summed E-state index contributed by atoms with van der Waals surface area (Å²) in [7, 11) is 5.04. The predicted octanol–water partition coefficient (Wildman–Crippen LogP) is 3.70. The third-order valence-electron chi connectivity index (χ3n) is 5.06. The first-order valence-corrected chi connectivity index (χ1v) is 10.6. The number of rotatable bonds is 10. The molecular weight excluding hydrogens is 418 g/mol. The highest BCUT2D eigenvalue weighted by Crippen LogP contribution is 2.28. The summed E-state index contributed by atoms with van der Waals surface area (Å²) in [5.41, 5.74) is 2.89. The molecule has 0 spiro atoms. The molecule has 7 nitrogen and oxygen atoms in total. The maximum Gasteiger partial charge on any atom is 0.253 e. The summed E-state index contributed by atoms with van der Waals surface area (Å²) in [4.78, 5) is 27.2. The Hall–Kier alpha value is -3.84. The Balaban J connectivity index is 1.58. The van der Waals surface area contributed by atoms with Gasteiger partial charge in [-0.15, -0.1) is 0 Å². The van der Waals surface area contributed by atoms with E-state index in [4.69, 9.17) is 9.47 Å². The van der Waals surface area contributed by atoms with Crippen LogP contribution in [0.2, 0.25) is 0 Å². The van der Waals surface area contributed by atoms with Crippen LogP contribution in [0.4, 0.5) is 5.69 Å². The molecular formula is C26H29N3O4. The number of ether oxygens (including phenoxy) is 2. The minimum atomic E-state index is -0.242. The number of nitrogens with zero attached hydrogens (tertiary/aromatic N) is 1. The standard InChI is InChI=1S/C26H29N3O4/c1-29(17-20-13-14-23(32-2)24(15-20)33-3)18-25(30)28-22-12-8-7-11-21(22)26(31)27-16-19-9-5-4-6-10-19/h4-15H,16-18H2,1-3H3,(H,27,31)(H,28,30). The number of hydrogen-bond donors (Lipinski definition) is 2. The zero-order chi connectivity index (χ0) is 23.6. The molecule has 3 aromatic carbocycles. The smallest absolute Gasteiger partial charge is 0.253 e. The molecule has 0 aliphatic carbocycles. The quantitative estimate of drug-likeness (QED) is 0.495. The molecule has 3 aromatic rings. The molecule has 33 heavy (non-hydrogen) atoms. The maximum atomic E-state index is 12.7. The van der Waals surface area contributed by atoms with Crippen molar-refractivity contribution >= 4 is 17.5 Å². The molecule has 0 radical (unpaired) electrons. The minimum absolute atomic E-state index is 0.161. The second-order valence-corrected chi connectivity index (χ2v) is 7.62. The number of carbonyl (C=O) groups is 2. The number of anilines is 1. The zero-order valence-electron chi connectivity index (χ0n) is 19.1. The van der Waals surface area contributed by atoms with Crippen LogP contribution in [0, 0.1) is 0 Å². The van der Waals surface area contributed by atoms with E-state index in [0.717, 1.165) is 11.1 Å². The van der Waals surface area contributed by atoms with E-state index in [2.05, 4.69) is 10.6 Å². The van der Waals surface area contributed by atoms with Gasteiger partial charge in [-0.25, -0.2) is 0 Å². The average Bonchev–Trinajstić information content (AvgIpc) is 2.83. The van der Waals surface area contributed by atoms with Crippen molar-refractivity contribution in [2.45, 2.75) is 13.1 Å². The summed E-state index contributed by atoms with van der Waals surface area (Å²) in [6.07, 6.45) is 0. The Bertz CT molecular complexity index is 1090. The second-order valence-electron chi connectivity index (χ2n) is 7.62. The van der Waals surface area contributed by atoms with Gasteiger partial charge in [0.15, 0.2) is 11.5 Å². The molecule has 0 aromatic heterocycles. The van der Waals surface area contributed by atoms with Crippen molar-refractivity contribution in [3.05, 3.63) is 89.5 Å². The molecule has 0 fully saturated rings. The molecule has 0 atom stereocenters.